The molecule has 0 aromatic carbocycles. The second-order valence-corrected chi connectivity index (χ2v) is 15.2. The van der Waals surface area contributed by atoms with Crippen LogP contribution in [0.4, 0.5) is 0 Å². The Labute approximate surface area is 206 Å². The fourth-order valence-corrected chi connectivity index (χ4v) is 12.1. The lowest BCUT2D eigenvalue weighted by atomic mass is 9.41. The summed E-state index contributed by atoms with van der Waals surface area (Å²) >= 11 is 0. The molecule has 5 aliphatic carbocycles. The molecule has 0 amide bonds. The van der Waals surface area contributed by atoms with E-state index in [2.05, 4.69) is 41.5 Å². The third-order valence-electron chi connectivity index (χ3n) is 13.5. The van der Waals surface area contributed by atoms with Crippen LogP contribution in [-0.2, 0) is 14.3 Å². The van der Waals surface area contributed by atoms with Crippen molar-refractivity contribution in [1.82, 2.24) is 0 Å². The topological polar surface area (TPSA) is 55.8 Å². The number of ether oxygens (including phenoxy) is 2. The lowest BCUT2D eigenvalue weighted by molar-refractivity contribution is -0.198. The number of carbonyl (C=O) groups excluding carboxylic acids is 1. The van der Waals surface area contributed by atoms with Crippen LogP contribution in [0.15, 0.2) is 0 Å². The summed E-state index contributed by atoms with van der Waals surface area (Å²) in [4.78, 5) is 11.5. The summed E-state index contributed by atoms with van der Waals surface area (Å²) in [7, 11) is 0. The van der Waals surface area contributed by atoms with Crippen molar-refractivity contribution in [1.29, 1.82) is 0 Å². The number of aliphatic hydroxyl groups excluding tert-OH is 1. The highest BCUT2D eigenvalue weighted by atomic mass is 16.6. The molecule has 34 heavy (non-hydrogen) atoms. The molecule has 6 rings (SSSR count). The van der Waals surface area contributed by atoms with Crippen LogP contribution < -0.4 is 0 Å². The Balaban J connectivity index is 1.32. The fourth-order valence-electron chi connectivity index (χ4n) is 12.1. The maximum Gasteiger partial charge on any atom is 0.302 e. The van der Waals surface area contributed by atoms with E-state index < -0.39 is 0 Å². The molecule has 1 N–H and O–H groups in total. The lowest BCUT2D eigenvalue weighted by Crippen LogP contribution is -2.58. The first-order valence-corrected chi connectivity index (χ1v) is 14.2. The summed E-state index contributed by atoms with van der Waals surface area (Å²) in [5.74, 6) is 2.42. The zero-order valence-electron chi connectivity index (χ0n) is 22.7. The number of carbonyl (C=O) groups is 1. The molecule has 5 saturated carbocycles. The molecule has 0 aromatic rings. The first-order chi connectivity index (χ1) is 15.7. The minimum atomic E-state index is -0.369. The van der Waals surface area contributed by atoms with Gasteiger partial charge in [-0.15, -0.1) is 0 Å². The Morgan fingerprint density at radius 3 is 2.32 bits per heavy atom. The van der Waals surface area contributed by atoms with Crippen LogP contribution in [-0.4, -0.2) is 35.5 Å². The number of esters is 1. The van der Waals surface area contributed by atoms with Crippen LogP contribution in [0.3, 0.4) is 0 Å². The second-order valence-electron chi connectivity index (χ2n) is 15.2. The summed E-state index contributed by atoms with van der Waals surface area (Å²) < 4.78 is 12.4. The van der Waals surface area contributed by atoms with Gasteiger partial charge in [0.1, 0.15) is 12.2 Å². The monoisotopic (exact) mass is 472 g/mol. The Kier molecular flexibility index (Phi) is 4.77. The van der Waals surface area contributed by atoms with Crippen LogP contribution in [0, 0.1) is 50.7 Å². The Morgan fingerprint density at radius 1 is 0.941 bits per heavy atom. The van der Waals surface area contributed by atoms with Crippen molar-refractivity contribution in [3.8, 4) is 0 Å². The molecule has 2 spiro atoms. The van der Waals surface area contributed by atoms with Crippen LogP contribution in [0.1, 0.15) is 106 Å². The molecule has 4 nitrogen and oxygen atoms in total. The standard InChI is InChI=1S/C30H48O4/c1-18-14-26(5,17-33-19(2)31)34-20-15-28(7)22-9-8-21-25(3,4)23(32)10-11-29(21)16-30(22,29)13-12-27(28,6)24(18)20/h18,20-24,32H,8-17H2,1-7H3/t18-,20?,21?,22+,23+,24?,26-,27-,28+,29-,30+/m1/s1. The van der Waals surface area contributed by atoms with Gasteiger partial charge in [0, 0.05) is 6.92 Å². The number of hydrogen-bond donors (Lipinski definition) is 1. The maximum absolute atomic E-state index is 11.5. The van der Waals surface area contributed by atoms with Gasteiger partial charge in [-0.2, -0.15) is 0 Å². The van der Waals surface area contributed by atoms with E-state index in [1.807, 2.05) is 0 Å². The van der Waals surface area contributed by atoms with E-state index in [-0.39, 0.29) is 29.2 Å². The Hall–Kier alpha value is -0.610. The van der Waals surface area contributed by atoms with Crippen molar-refractivity contribution in [2.24, 2.45) is 50.7 Å². The molecule has 192 valence electrons. The molecular weight excluding hydrogens is 424 g/mol. The summed E-state index contributed by atoms with van der Waals surface area (Å²) in [6.45, 7) is 16.4. The molecule has 0 bridgehead atoms. The van der Waals surface area contributed by atoms with Crippen molar-refractivity contribution in [3.05, 3.63) is 0 Å². The van der Waals surface area contributed by atoms with Crippen molar-refractivity contribution in [2.75, 3.05) is 6.61 Å². The molecule has 3 unspecified atom stereocenters. The van der Waals surface area contributed by atoms with Crippen molar-refractivity contribution >= 4 is 5.97 Å². The fraction of sp³-hybridized carbons (Fsp3) is 0.967. The van der Waals surface area contributed by atoms with Gasteiger partial charge in [-0.3, -0.25) is 4.79 Å². The summed E-state index contributed by atoms with van der Waals surface area (Å²) in [5, 5.41) is 10.9. The molecule has 1 aliphatic heterocycles. The lowest BCUT2D eigenvalue weighted by Gasteiger charge is -2.63. The molecule has 6 aliphatic rings. The highest BCUT2D eigenvalue weighted by Gasteiger charge is 2.83. The molecule has 0 radical (unpaired) electrons. The summed E-state index contributed by atoms with van der Waals surface area (Å²) in [5.41, 5.74) is 1.28. The van der Waals surface area contributed by atoms with E-state index in [0.717, 1.165) is 25.2 Å². The van der Waals surface area contributed by atoms with Gasteiger partial charge < -0.3 is 14.6 Å². The average Bonchev–Trinajstić information content (AvgIpc) is 3.34. The Bertz CT molecular complexity index is 898. The molecule has 0 aromatic heterocycles. The number of fused-ring (bicyclic) bond motifs is 4. The molecule has 1 saturated heterocycles. The zero-order chi connectivity index (χ0) is 24.5. The Morgan fingerprint density at radius 2 is 1.62 bits per heavy atom. The summed E-state index contributed by atoms with van der Waals surface area (Å²) in [6.07, 6.45) is 11.2. The van der Waals surface area contributed by atoms with E-state index in [4.69, 9.17) is 9.47 Å². The third-order valence-corrected chi connectivity index (χ3v) is 13.5. The maximum atomic E-state index is 11.5. The second kappa shape index (κ2) is 6.82. The highest BCUT2D eigenvalue weighted by molar-refractivity contribution is 5.65. The average molecular weight is 473 g/mol. The normalized spacial score (nSPS) is 59.1. The van der Waals surface area contributed by atoms with E-state index in [1.54, 1.807) is 0 Å². The largest absolute Gasteiger partial charge is 0.463 e. The number of aliphatic hydroxyl groups is 1. The SMILES string of the molecule is CC(=O)OC[C@@]1(C)C[C@@H](C)C2C(C[C@@]3(C)[C@@H]4CCC5C(C)(C)[C@@H](O)CC[C@@]56C[C@@]46CC[C@]23C)O1. The van der Waals surface area contributed by atoms with Gasteiger partial charge in [-0.25, -0.2) is 0 Å². The van der Waals surface area contributed by atoms with Crippen molar-refractivity contribution in [2.45, 2.75) is 124 Å². The van der Waals surface area contributed by atoms with Gasteiger partial charge in [0.25, 0.3) is 0 Å². The van der Waals surface area contributed by atoms with Gasteiger partial charge in [0.2, 0.25) is 0 Å². The minimum Gasteiger partial charge on any atom is -0.463 e. The zero-order valence-corrected chi connectivity index (χ0v) is 22.7. The van der Waals surface area contributed by atoms with Crippen LogP contribution in [0.25, 0.3) is 0 Å². The molecule has 6 fully saturated rings. The van der Waals surface area contributed by atoms with Gasteiger partial charge in [0.05, 0.1) is 12.2 Å². The van der Waals surface area contributed by atoms with Gasteiger partial charge >= 0.3 is 5.97 Å². The third kappa shape index (κ3) is 2.66. The highest BCUT2D eigenvalue weighted by Crippen LogP contribution is 2.89. The van der Waals surface area contributed by atoms with E-state index in [0.29, 0.717) is 46.0 Å². The molecule has 1 heterocycles. The van der Waals surface area contributed by atoms with E-state index in [1.165, 1.54) is 45.4 Å². The van der Waals surface area contributed by atoms with E-state index in [9.17, 15) is 9.90 Å². The minimum absolute atomic E-state index is 0.0498. The molecular formula is C30H48O4. The van der Waals surface area contributed by atoms with Crippen LogP contribution >= 0.6 is 0 Å². The van der Waals surface area contributed by atoms with Gasteiger partial charge in [0.15, 0.2) is 0 Å². The molecule has 11 atom stereocenters. The number of hydrogen-bond acceptors (Lipinski definition) is 4. The first kappa shape index (κ1) is 23.8. The molecule has 4 heteroatoms. The van der Waals surface area contributed by atoms with E-state index >= 15 is 0 Å². The predicted molar refractivity (Wildman–Crippen MR) is 132 cm³/mol. The first-order valence-electron chi connectivity index (χ1n) is 14.2. The van der Waals surface area contributed by atoms with Crippen LogP contribution in [0.2, 0.25) is 0 Å². The summed E-state index contributed by atoms with van der Waals surface area (Å²) in [6, 6.07) is 0. The number of rotatable bonds is 2. The van der Waals surface area contributed by atoms with Gasteiger partial charge in [-0.05, 0) is 115 Å². The van der Waals surface area contributed by atoms with Crippen molar-refractivity contribution in [3.63, 3.8) is 0 Å². The smallest absolute Gasteiger partial charge is 0.302 e. The van der Waals surface area contributed by atoms with Crippen LogP contribution in [0.5, 0.6) is 0 Å². The quantitative estimate of drug-likeness (QED) is 0.490. The predicted octanol–water partition coefficient (Wildman–Crippen LogP) is 6.14. The van der Waals surface area contributed by atoms with Crippen molar-refractivity contribution < 1.29 is 19.4 Å². The van der Waals surface area contributed by atoms with Gasteiger partial charge in [-0.1, -0.05) is 34.6 Å².